The number of nitrogens with one attached hydrogen (secondary N) is 1. The lowest BCUT2D eigenvalue weighted by Gasteiger charge is -2.12. The minimum Gasteiger partial charge on any atom is -0.462 e. The maximum atomic E-state index is 12.2. The number of ether oxygens (including phenoxy) is 2. The number of nitrogens with zero attached hydrogens (tertiary/aromatic N) is 3. The van der Waals surface area contributed by atoms with Crippen LogP contribution in [0, 0.1) is 0 Å². The van der Waals surface area contributed by atoms with E-state index in [0.717, 1.165) is 0 Å². The quantitative estimate of drug-likeness (QED) is 0.796. The fraction of sp³-hybridized carbons (Fsp3) is 0.400. The lowest BCUT2D eigenvalue weighted by molar-refractivity contribution is 0.0474. The SMILES string of the molecule is CCOC(=O)c1cc2nc(N(C)C)[nH]c(=O)c2nc1C(=O)OCC. The number of esters is 2. The molecule has 0 aromatic carbocycles. The third-order valence-corrected chi connectivity index (χ3v) is 3.06. The number of rotatable bonds is 5. The predicted molar refractivity (Wildman–Crippen MR) is 86.4 cm³/mol. The summed E-state index contributed by atoms with van der Waals surface area (Å²) in [6, 6.07) is 1.31. The minimum atomic E-state index is -0.807. The van der Waals surface area contributed by atoms with Gasteiger partial charge in [-0.3, -0.25) is 9.78 Å². The first-order valence-electron chi connectivity index (χ1n) is 7.35. The van der Waals surface area contributed by atoms with E-state index in [4.69, 9.17) is 9.47 Å². The van der Waals surface area contributed by atoms with E-state index in [1.165, 1.54) is 6.07 Å². The molecular formula is C15H18N4O5. The van der Waals surface area contributed by atoms with Gasteiger partial charge in [-0.2, -0.15) is 0 Å². The monoisotopic (exact) mass is 334 g/mol. The Balaban J connectivity index is 2.74. The molecular weight excluding hydrogens is 316 g/mol. The topological polar surface area (TPSA) is 114 Å². The Morgan fingerprint density at radius 1 is 1.12 bits per heavy atom. The number of anilines is 1. The second kappa shape index (κ2) is 7.07. The highest BCUT2D eigenvalue weighted by Gasteiger charge is 2.24. The van der Waals surface area contributed by atoms with E-state index in [1.807, 2.05) is 0 Å². The van der Waals surface area contributed by atoms with Crippen LogP contribution in [0.25, 0.3) is 11.0 Å². The normalized spacial score (nSPS) is 10.5. The van der Waals surface area contributed by atoms with Crippen LogP contribution < -0.4 is 10.5 Å². The predicted octanol–water partition coefficient (Wildman–Crippen LogP) is 0.738. The molecule has 0 bridgehead atoms. The molecule has 2 heterocycles. The molecule has 0 aliphatic heterocycles. The molecule has 0 amide bonds. The van der Waals surface area contributed by atoms with E-state index in [9.17, 15) is 14.4 Å². The van der Waals surface area contributed by atoms with Gasteiger partial charge in [-0.05, 0) is 19.9 Å². The molecule has 0 fully saturated rings. The van der Waals surface area contributed by atoms with Gasteiger partial charge < -0.3 is 14.4 Å². The van der Waals surface area contributed by atoms with Gasteiger partial charge in [-0.1, -0.05) is 0 Å². The van der Waals surface area contributed by atoms with Crippen molar-refractivity contribution in [1.82, 2.24) is 15.0 Å². The van der Waals surface area contributed by atoms with E-state index < -0.39 is 17.5 Å². The van der Waals surface area contributed by atoms with Gasteiger partial charge >= 0.3 is 11.9 Å². The summed E-state index contributed by atoms with van der Waals surface area (Å²) in [4.78, 5) is 48.8. The van der Waals surface area contributed by atoms with Gasteiger partial charge in [-0.15, -0.1) is 0 Å². The van der Waals surface area contributed by atoms with Crippen molar-refractivity contribution in [1.29, 1.82) is 0 Å². The summed E-state index contributed by atoms with van der Waals surface area (Å²) in [5.41, 5.74) is -0.766. The molecule has 0 aliphatic rings. The van der Waals surface area contributed by atoms with Crippen molar-refractivity contribution in [2.75, 3.05) is 32.2 Å². The van der Waals surface area contributed by atoms with Crippen LogP contribution in [-0.2, 0) is 9.47 Å². The van der Waals surface area contributed by atoms with E-state index in [2.05, 4.69) is 15.0 Å². The van der Waals surface area contributed by atoms with Crippen molar-refractivity contribution < 1.29 is 19.1 Å². The third-order valence-electron chi connectivity index (χ3n) is 3.06. The number of carbonyl (C=O) groups excluding carboxylic acids is 2. The summed E-state index contributed by atoms with van der Waals surface area (Å²) < 4.78 is 9.84. The Labute approximate surface area is 137 Å². The van der Waals surface area contributed by atoms with Crippen molar-refractivity contribution >= 4 is 28.9 Å². The Bertz CT molecular complexity index is 844. The Hall–Kier alpha value is -2.97. The van der Waals surface area contributed by atoms with Gasteiger partial charge in [0.15, 0.2) is 11.2 Å². The minimum absolute atomic E-state index is 0.0586. The summed E-state index contributed by atoms with van der Waals surface area (Å²) >= 11 is 0. The highest BCUT2D eigenvalue weighted by molar-refractivity contribution is 6.04. The van der Waals surface area contributed by atoms with Crippen molar-refractivity contribution in [3.63, 3.8) is 0 Å². The number of hydrogen-bond donors (Lipinski definition) is 1. The molecule has 0 unspecified atom stereocenters. The van der Waals surface area contributed by atoms with E-state index in [-0.39, 0.29) is 35.5 Å². The van der Waals surface area contributed by atoms with Gasteiger partial charge in [0, 0.05) is 14.1 Å². The highest BCUT2D eigenvalue weighted by Crippen LogP contribution is 2.17. The molecule has 9 nitrogen and oxygen atoms in total. The molecule has 0 saturated heterocycles. The van der Waals surface area contributed by atoms with Crippen LogP contribution in [0.5, 0.6) is 0 Å². The average molecular weight is 334 g/mol. The molecule has 9 heteroatoms. The summed E-state index contributed by atoms with van der Waals surface area (Å²) in [7, 11) is 3.41. The zero-order valence-electron chi connectivity index (χ0n) is 13.9. The van der Waals surface area contributed by atoms with Crippen molar-refractivity contribution in [3.05, 3.63) is 27.7 Å². The average Bonchev–Trinajstić information content (AvgIpc) is 2.54. The van der Waals surface area contributed by atoms with Gasteiger partial charge in [0.2, 0.25) is 5.95 Å². The second-order valence-corrected chi connectivity index (χ2v) is 4.98. The van der Waals surface area contributed by atoms with Crippen molar-refractivity contribution in [2.24, 2.45) is 0 Å². The number of hydrogen-bond acceptors (Lipinski definition) is 8. The number of pyridine rings is 1. The van der Waals surface area contributed by atoms with Crippen LogP contribution in [0.3, 0.4) is 0 Å². The first kappa shape index (κ1) is 17.4. The molecule has 0 spiro atoms. The standard InChI is InChI=1S/C15H18N4O5/c1-5-23-13(21)8-7-9-11(17-10(8)14(22)24-6-2)12(20)18-15(16-9)19(3)4/h7H,5-6H2,1-4H3,(H,16,18,20). The summed E-state index contributed by atoms with van der Waals surface area (Å²) in [6.45, 7) is 3.50. The van der Waals surface area contributed by atoms with Gasteiger partial charge in [-0.25, -0.2) is 19.6 Å². The number of carbonyl (C=O) groups is 2. The van der Waals surface area contributed by atoms with E-state index in [0.29, 0.717) is 5.95 Å². The summed E-state index contributed by atoms with van der Waals surface area (Å²) in [5, 5.41) is 0. The molecule has 24 heavy (non-hydrogen) atoms. The molecule has 1 N–H and O–H groups in total. The molecule has 0 radical (unpaired) electrons. The van der Waals surface area contributed by atoms with Crippen LogP contribution >= 0.6 is 0 Å². The van der Waals surface area contributed by atoms with E-state index >= 15 is 0 Å². The molecule has 0 saturated carbocycles. The second-order valence-electron chi connectivity index (χ2n) is 4.98. The van der Waals surface area contributed by atoms with Crippen LogP contribution in [0.1, 0.15) is 34.7 Å². The summed E-state index contributed by atoms with van der Waals surface area (Å²) in [6.07, 6.45) is 0. The zero-order valence-corrected chi connectivity index (χ0v) is 13.9. The largest absolute Gasteiger partial charge is 0.462 e. The van der Waals surface area contributed by atoms with Crippen LogP contribution in [0.4, 0.5) is 5.95 Å². The van der Waals surface area contributed by atoms with Gasteiger partial charge in [0.1, 0.15) is 0 Å². The number of aromatic nitrogens is 3. The molecule has 2 rings (SSSR count). The maximum Gasteiger partial charge on any atom is 0.357 e. The first-order chi connectivity index (χ1) is 11.4. The highest BCUT2D eigenvalue weighted by atomic mass is 16.5. The number of fused-ring (bicyclic) bond motifs is 1. The number of H-pyrrole nitrogens is 1. The number of aromatic amines is 1. The van der Waals surface area contributed by atoms with Crippen molar-refractivity contribution in [3.8, 4) is 0 Å². The Morgan fingerprint density at radius 2 is 1.75 bits per heavy atom. The summed E-state index contributed by atoms with van der Waals surface area (Å²) in [5.74, 6) is -1.24. The smallest absolute Gasteiger partial charge is 0.357 e. The Kier molecular flexibility index (Phi) is 5.12. The lowest BCUT2D eigenvalue weighted by Crippen LogP contribution is -2.22. The molecule has 2 aromatic heterocycles. The van der Waals surface area contributed by atoms with Gasteiger partial charge in [0.05, 0.1) is 24.3 Å². The fourth-order valence-corrected chi connectivity index (χ4v) is 1.99. The Morgan fingerprint density at radius 3 is 2.33 bits per heavy atom. The van der Waals surface area contributed by atoms with Crippen molar-refractivity contribution in [2.45, 2.75) is 13.8 Å². The lowest BCUT2D eigenvalue weighted by atomic mass is 10.1. The molecule has 128 valence electrons. The molecule has 2 aromatic rings. The first-order valence-corrected chi connectivity index (χ1v) is 7.35. The van der Waals surface area contributed by atoms with E-state index in [1.54, 1.807) is 32.8 Å². The zero-order chi connectivity index (χ0) is 17.9. The third kappa shape index (κ3) is 3.34. The van der Waals surface area contributed by atoms with Gasteiger partial charge in [0.25, 0.3) is 5.56 Å². The van der Waals surface area contributed by atoms with Crippen LogP contribution in [0.2, 0.25) is 0 Å². The van der Waals surface area contributed by atoms with Crippen LogP contribution in [-0.4, -0.2) is 54.2 Å². The molecule has 0 atom stereocenters. The molecule has 0 aliphatic carbocycles. The van der Waals surface area contributed by atoms with Crippen LogP contribution in [0.15, 0.2) is 10.9 Å². The fourth-order valence-electron chi connectivity index (χ4n) is 1.99. The maximum absolute atomic E-state index is 12.2.